The van der Waals surface area contributed by atoms with Gasteiger partial charge >= 0.3 is 0 Å². The minimum atomic E-state index is -0.256. The quantitative estimate of drug-likeness (QED) is 0.190. The topological polar surface area (TPSA) is 62.1 Å². The van der Waals surface area contributed by atoms with Crippen LogP contribution >= 0.6 is 0 Å². The predicted octanol–water partition coefficient (Wildman–Crippen LogP) is 7.94. The number of pyridine rings is 2. The van der Waals surface area contributed by atoms with Crippen LogP contribution in [-0.4, -0.2) is 26.6 Å². The second-order valence-corrected chi connectivity index (χ2v) is 11.6. The number of hydrogen-bond donors (Lipinski definition) is 0. The van der Waals surface area contributed by atoms with E-state index in [1.165, 1.54) is 0 Å². The maximum atomic E-state index is 15.5. The number of benzene rings is 3. The van der Waals surface area contributed by atoms with Crippen LogP contribution in [0.3, 0.4) is 0 Å². The summed E-state index contributed by atoms with van der Waals surface area (Å²) >= 11 is 0. The molecule has 42 heavy (non-hydrogen) atoms. The number of rotatable bonds is 8. The van der Waals surface area contributed by atoms with E-state index >= 15 is 4.39 Å². The first-order valence-corrected chi connectivity index (χ1v) is 14.1. The molecule has 0 aliphatic heterocycles. The van der Waals surface area contributed by atoms with Gasteiger partial charge in [-0.1, -0.05) is 50.2 Å². The molecule has 1 atom stereocenters. The van der Waals surface area contributed by atoms with Gasteiger partial charge in [0.25, 0.3) is 0 Å². The molecule has 1 aliphatic carbocycles. The molecule has 7 heteroatoms. The molecule has 0 radical (unpaired) electrons. The lowest BCUT2D eigenvalue weighted by molar-refractivity contribution is 0.302. The summed E-state index contributed by atoms with van der Waals surface area (Å²) in [5.41, 5.74) is 6.01. The summed E-state index contributed by atoms with van der Waals surface area (Å²) in [5.74, 6) is 2.31. The van der Waals surface area contributed by atoms with Crippen LogP contribution in [0.5, 0.6) is 11.6 Å². The smallest absolute Gasteiger partial charge is 0.212 e. The molecule has 0 N–H and O–H groups in total. The van der Waals surface area contributed by atoms with Gasteiger partial charge in [0.1, 0.15) is 24.0 Å². The van der Waals surface area contributed by atoms with Crippen molar-refractivity contribution in [3.05, 3.63) is 114 Å². The van der Waals surface area contributed by atoms with Gasteiger partial charge in [-0.15, -0.1) is 0 Å². The molecule has 0 saturated heterocycles. The molecule has 0 bridgehead atoms. The number of halogens is 1. The molecule has 7 rings (SSSR count). The van der Waals surface area contributed by atoms with Crippen molar-refractivity contribution >= 4 is 21.9 Å². The van der Waals surface area contributed by atoms with Crippen LogP contribution in [0.2, 0.25) is 0 Å². The molecule has 6 aromatic rings. The number of methoxy groups -OCH3 is 1. The molecule has 1 saturated carbocycles. The predicted molar refractivity (Wildman–Crippen MR) is 162 cm³/mol. The fourth-order valence-electron chi connectivity index (χ4n) is 5.60. The highest BCUT2D eigenvalue weighted by Gasteiger charge is 2.49. The number of imidazole rings is 1. The molecule has 0 unspecified atom stereocenters. The van der Waals surface area contributed by atoms with Crippen molar-refractivity contribution in [2.45, 2.75) is 39.3 Å². The van der Waals surface area contributed by atoms with Gasteiger partial charge in [-0.3, -0.25) is 0 Å². The average molecular weight is 559 g/mol. The van der Waals surface area contributed by atoms with Gasteiger partial charge in [0.05, 0.1) is 35.9 Å². The zero-order chi connectivity index (χ0) is 28.8. The fraction of sp³-hybridized carbons (Fsp3) is 0.229. The van der Waals surface area contributed by atoms with Crippen LogP contribution in [0.15, 0.2) is 91.1 Å². The first-order chi connectivity index (χ1) is 20.4. The van der Waals surface area contributed by atoms with Crippen molar-refractivity contribution in [1.29, 1.82) is 0 Å². The van der Waals surface area contributed by atoms with Crippen molar-refractivity contribution in [3.8, 4) is 22.8 Å². The van der Waals surface area contributed by atoms with Crippen molar-refractivity contribution in [2.24, 2.45) is 5.41 Å². The minimum Gasteiger partial charge on any atom is -0.487 e. The Labute approximate surface area is 243 Å². The third kappa shape index (κ3) is 4.96. The van der Waals surface area contributed by atoms with Crippen LogP contribution in [-0.2, 0) is 13.2 Å². The molecule has 6 nitrogen and oxygen atoms in total. The van der Waals surface area contributed by atoms with Gasteiger partial charge in [0.15, 0.2) is 0 Å². The SMILES string of the molecule is COc1ccc(-c2ccc(Cn3c([C@@H]4CC4(C)C)nc4cc(OCc5ccc6ccccc6n5)ccc43)c(F)c2)cn1. The van der Waals surface area contributed by atoms with E-state index in [9.17, 15) is 0 Å². The van der Waals surface area contributed by atoms with Crippen molar-refractivity contribution in [2.75, 3.05) is 7.11 Å². The molecule has 3 heterocycles. The highest BCUT2D eigenvalue weighted by molar-refractivity contribution is 5.79. The first kappa shape index (κ1) is 26.1. The second kappa shape index (κ2) is 10.2. The largest absolute Gasteiger partial charge is 0.487 e. The monoisotopic (exact) mass is 558 g/mol. The number of aromatic nitrogens is 4. The average Bonchev–Trinajstić information content (AvgIpc) is 3.50. The van der Waals surface area contributed by atoms with Crippen LogP contribution in [0, 0.1) is 11.2 Å². The van der Waals surface area contributed by atoms with E-state index in [2.05, 4.69) is 35.5 Å². The van der Waals surface area contributed by atoms with Crippen molar-refractivity contribution < 1.29 is 13.9 Å². The summed E-state index contributed by atoms with van der Waals surface area (Å²) in [5, 5.41) is 1.10. The molecular formula is C35H31FN4O2. The molecule has 0 spiro atoms. The van der Waals surface area contributed by atoms with Crippen molar-refractivity contribution in [3.63, 3.8) is 0 Å². The van der Waals surface area contributed by atoms with Gasteiger partial charge in [-0.25, -0.2) is 19.3 Å². The van der Waals surface area contributed by atoms with E-state index in [-0.39, 0.29) is 11.2 Å². The Kier molecular flexibility index (Phi) is 6.38. The third-order valence-electron chi connectivity index (χ3n) is 8.28. The lowest BCUT2D eigenvalue weighted by Gasteiger charge is -2.13. The Bertz CT molecular complexity index is 1930. The summed E-state index contributed by atoms with van der Waals surface area (Å²) in [6, 6.07) is 27.1. The molecule has 1 aliphatic rings. The number of ether oxygens (including phenoxy) is 2. The van der Waals surface area contributed by atoms with Crippen LogP contribution in [0.4, 0.5) is 4.39 Å². The minimum absolute atomic E-state index is 0.171. The fourth-order valence-corrected chi connectivity index (χ4v) is 5.60. The Morgan fingerprint density at radius 1 is 0.905 bits per heavy atom. The lowest BCUT2D eigenvalue weighted by Crippen LogP contribution is -2.08. The number of nitrogens with zero attached hydrogens (tertiary/aromatic N) is 4. The number of hydrogen-bond acceptors (Lipinski definition) is 5. The molecule has 3 aromatic heterocycles. The molecule has 1 fully saturated rings. The lowest BCUT2D eigenvalue weighted by atomic mass is 10.0. The third-order valence-corrected chi connectivity index (χ3v) is 8.28. The van der Waals surface area contributed by atoms with Crippen LogP contribution in [0.25, 0.3) is 33.1 Å². The Morgan fingerprint density at radius 3 is 2.50 bits per heavy atom. The zero-order valence-corrected chi connectivity index (χ0v) is 23.8. The second-order valence-electron chi connectivity index (χ2n) is 11.6. The Balaban J connectivity index is 1.16. The van der Waals surface area contributed by atoms with E-state index in [4.69, 9.17) is 19.4 Å². The van der Waals surface area contributed by atoms with E-state index in [0.717, 1.165) is 56.8 Å². The summed E-state index contributed by atoms with van der Waals surface area (Å²) in [6.45, 7) is 5.27. The van der Waals surface area contributed by atoms with Crippen LogP contribution in [0.1, 0.15) is 43.3 Å². The summed E-state index contributed by atoms with van der Waals surface area (Å²) < 4.78 is 28.9. The molecule has 210 valence electrons. The molecule has 0 amide bonds. The Hall–Kier alpha value is -4.78. The molecular weight excluding hydrogens is 527 g/mol. The summed E-state index contributed by atoms with van der Waals surface area (Å²) in [4.78, 5) is 14.0. The highest BCUT2D eigenvalue weighted by atomic mass is 19.1. The van der Waals surface area contributed by atoms with Gasteiger partial charge < -0.3 is 14.0 Å². The first-order valence-electron chi connectivity index (χ1n) is 14.1. The standard InChI is InChI=1S/C35H31FN4O2/c1-35(2)18-28(35)34-39-31-17-27(42-21-26-12-10-22-6-4-5-7-30(22)38-26)13-14-32(31)40(34)20-25-9-8-23(16-29(25)36)24-11-15-33(41-3)37-19-24/h4-17,19,28H,18,20-21H2,1-3H3/t28-/m0/s1. The zero-order valence-electron chi connectivity index (χ0n) is 23.8. The van der Waals surface area contributed by atoms with Gasteiger partial charge in [0.2, 0.25) is 5.88 Å². The van der Waals surface area contributed by atoms with Gasteiger partial charge in [0, 0.05) is 40.8 Å². The summed E-state index contributed by atoms with van der Waals surface area (Å²) in [6.07, 6.45) is 2.75. The highest BCUT2D eigenvalue weighted by Crippen LogP contribution is 2.58. The maximum Gasteiger partial charge on any atom is 0.212 e. The van der Waals surface area contributed by atoms with E-state index in [1.54, 1.807) is 25.4 Å². The van der Waals surface area contributed by atoms with Crippen LogP contribution < -0.4 is 9.47 Å². The number of para-hydroxylation sites is 1. The summed E-state index contributed by atoms with van der Waals surface area (Å²) in [7, 11) is 1.57. The number of fused-ring (bicyclic) bond motifs is 2. The van der Waals surface area contributed by atoms with E-state index in [0.29, 0.717) is 30.5 Å². The maximum absolute atomic E-state index is 15.5. The van der Waals surface area contributed by atoms with E-state index < -0.39 is 0 Å². The van der Waals surface area contributed by atoms with Gasteiger partial charge in [-0.05, 0) is 53.8 Å². The Morgan fingerprint density at radius 2 is 1.74 bits per heavy atom. The normalized spacial score (nSPS) is 15.7. The van der Waals surface area contributed by atoms with E-state index in [1.807, 2.05) is 60.7 Å². The molecule has 3 aromatic carbocycles. The van der Waals surface area contributed by atoms with Crippen molar-refractivity contribution in [1.82, 2.24) is 19.5 Å². The van der Waals surface area contributed by atoms with Gasteiger partial charge in [-0.2, -0.15) is 0 Å².